The number of hydrogen-bond acceptors (Lipinski definition) is 4. The van der Waals surface area contributed by atoms with Gasteiger partial charge in [0.1, 0.15) is 12.3 Å². The topological polar surface area (TPSA) is 55.8 Å². The molecule has 0 aliphatic carbocycles. The van der Waals surface area contributed by atoms with Crippen LogP contribution in [0.3, 0.4) is 0 Å². The molecule has 0 fully saturated rings. The standard InChI is InChI=1S/C17H24BrNO4/c1-6-22-16(21)10-19(5)15(20)11-23-14-8-7-12(9-13(14)18)17(2,3)4/h7-9H,6,10-11H2,1-5H3. The van der Waals surface area contributed by atoms with Crippen molar-refractivity contribution in [2.75, 3.05) is 26.8 Å². The Labute approximate surface area is 146 Å². The third-order valence-electron chi connectivity index (χ3n) is 3.25. The molecule has 23 heavy (non-hydrogen) atoms. The Balaban J connectivity index is 2.61. The molecule has 1 aromatic carbocycles. The van der Waals surface area contributed by atoms with Gasteiger partial charge in [0, 0.05) is 7.05 Å². The normalized spacial score (nSPS) is 11.0. The molecule has 1 rings (SSSR count). The number of halogens is 1. The lowest BCUT2D eigenvalue weighted by Gasteiger charge is -2.20. The predicted octanol–water partition coefficient (Wildman–Crippen LogP) is 3.15. The van der Waals surface area contributed by atoms with Crippen molar-refractivity contribution in [2.45, 2.75) is 33.1 Å². The van der Waals surface area contributed by atoms with Crippen molar-refractivity contribution in [1.29, 1.82) is 0 Å². The van der Waals surface area contributed by atoms with Gasteiger partial charge in [0.25, 0.3) is 5.91 Å². The molecule has 0 radical (unpaired) electrons. The van der Waals surface area contributed by atoms with Crippen molar-refractivity contribution >= 4 is 27.8 Å². The molecule has 1 amide bonds. The van der Waals surface area contributed by atoms with Crippen LogP contribution in [0.5, 0.6) is 5.75 Å². The second-order valence-electron chi connectivity index (χ2n) is 6.24. The van der Waals surface area contributed by atoms with Crippen LogP contribution in [-0.2, 0) is 19.7 Å². The first kappa shape index (κ1) is 19.5. The molecule has 0 bridgehead atoms. The molecule has 0 aliphatic rings. The van der Waals surface area contributed by atoms with E-state index in [1.165, 1.54) is 10.5 Å². The summed E-state index contributed by atoms with van der Waals surface area (Å²) in [4.78, 5) is 24.6. The van der Waals surface area contributed by atoms with Crippen LogP contribution in [-0.4, -0.2) is 43.6 Å². The lowest BCUT2D eigenvalue weighted by molar-refractivity contribution is -0.148. The Bertz CT molecular complexity index is 566. The summed E-state index contributed by atoms with van der Waals surface area (Å²) in [5.41, 5.74) is 1.21. The Kier molecular flexibility index (Phi) is 7.06. The summed E-state index contributed by atoms with van der Waals surface area (Å²) in [6.45, 7) is 8.19. The van der Waals surface area contributed by atoms with Gasteiger partial charge in [0.2, 0.25) is 0 Å². The highest BCUT2D eigenvalue weighted by atomic mass is 79.9. The SMILES string of the molecule is CCOC(=O)CN(C)C(=O)COc1ccc(C(C)(C)C)cc1Br. The molecule has 0 aliphatic heterocycles. The van der Waals surface area contributed by atoms with E-state index in [0.29, 0.717) is 12.4 Å². The Morgan fingerprint density at radius 3 is 2.43 bits per heavy atom. The predicted molar refractivity (Wildman–Crippen MR) is 92.6 cm³/mol. The molecule has 0 atom stereocenters. The zero-order valence-corrected chi connectivity index (χ0v) is 15.9. The van der Waals surface area contributed by atoms with Crippen LogP contribution in [0.15, 0.2) is 22.7 Å². The van der Waals surface area contributed by atoms with Gasteiger partial charge in [-0.3, -0.25) is 9.59 Å². The Morgan fingerprint density at radius 2 is 1.91 bits per heavy atom. The quantitative estimate of drug-likeness (QED) is 0.705. The summed E-state index contributed by atoms with van der Waals surface area (Å²) in [5, 5.41) is 0. The van der Waals surface area contributed by atoms with Crippen molar-refractivity contribution in [1.82, 2.24) is 4.90 Å². The number of likely N-dealkylation sites (N-methyl/N-ethyl adjacent to an activating group) is 1. The molecule has 0 unspecified atom stereocenters. The summed E-state index contributed by atoms with van der Waals surface area (Å²) in [7, 11) is 1.54. The lowest BCUT2D eigenvalue weighted by atomic mass is 9.87. The van der Waals surface area contributed by atoms with E-state index in [-0.39, 0.29) is 24.5 Å². The summed E-state index contributed by atoms with van der Waals surface area (Å²) < 4.78 is 11.1. The van der Waals surface area contributed by atoms with E-state index in [1.807, 2.05) is 18.2 Å². The smallest absolute Gasteiger partial charge is 0.325 e. The van der Waals surface area contributed by atoms with Crippen LogP contribution in [0, 0.1) is 0 Å². The van der Waals surface area contributed by atoms with E-state index in [0.717, 1.165) is 4.47 Å². The molecule has 6 heteroatoms. The highest BCUT2D eigenvalue weighted by molar-refractivity contribution is 9.10. The number of amides is 1. The first-order valence-electron chi connectivity index (χ1n) is 7.47. The van der Waals surface area contributed by atoms with E-state index in [9.17, 15) is 9.59 Å². The summed E-state index contributed by atoms with van der Waals surface area (Å²) in [5.74, 6) is -0.125. The molecule has 0 aromatic heterocycles. The molecule has 0 spiro atoms. The van der Waals surface area contributed by atoms with Gasteiger partial charge in [-0.05, 0) is 46.0 Å². The van der Waals surface area contributed by atoms with Crippen molar-refractivity contribution in [3.63, 3.8) is 0 Å². The maximum atomic E-state index is 12.0. The van der Waals surface area contributed by atoms with Crippen LogP contribution >= 0.6 is 15.9 Å². The second-order valence-corrected chi connectivity index (χ2v) is 7.09. The van der Waals surface area contributed by atoms with Gasteiger partial charge in [-0.25, -0.2) is 0 Å². The van der Waals surface area contributed by atoms with Crippen molar-refractivity contribution < 1.29 is 19.1 Å². The number of esters is 1. The maximum Gasteiger partial charge on any atom is 0.325 e. The van der Waals surface area contributed by atoms with Gasteiger partial charge >= 0.3 is 5.97 Å². The van der Waals surface area contributed by atoms with E-state index >= 15 is 0 Å². The number of nitrogens with zero attached hydrogens (tertiary/aromatic N) is 1. The summed E-state index contributed by atoms with van der Waals surface area (Å²) in [6.07, 6.45) is 0. The molecular formula is C17H24BrNO4. The average molecular weight is 386 g/mol. The molecule has 0 N–H and O–H groups in total. The van der Waals surface area contributed by atoms with E-state index in [4.69, 9.17) is 9.47 Å². The van der Waals surface area contributed by atoms with Crippen molar-refractivity contribution in [3.8, 4) is 5.75 Å². The number of hydrogen-bond donors (Lipinski definition) is 0. The number of carbonyl (C=O) groups is 2. The van der Waals surface area contributed by atoms with Gasteiger partial charge < -0.3 is 14.4 Å². The van der Waals surface area contributed by atoms with Gasteiger partial charge in [-0.15, -0.1) is 0 Å². The van der Waals surface area contributed by atoms with Gasteiger partial charge in [0.15, 0.2) is 6.61 Å². The second kappa shape index (κ2) is 8.34. The minimum atomic E-state index is -0.431. The molecule has 0 saturated carbocycles. The minimum absolute atomic E-state index is 0.0384. The van der Waals surface area contributed by atoms with Crippen LogP contribution in [0.4, 0.5) is 0 Å². The zero-order valence-electron chi connectivity index (χ0n) is 14.3. The zero-order chi connectivity index (χ0) is 17.6. The number of benzene rings is 1. The number of rotatable bonds is 6. The third kappa shape index (κ3) is 6.22. The highest BCUT2D eigenvalue weighted by Gasteiger charge is 2.17. The fourth-order valence-corrected chi connectivity index (χ4v) is 2.32. The van der Waals surface area contributed by atoms with E-state index < -0.39 is 5.97 Å². The van der Waals surface area contributed by atoms with Crippen LogP contribution in [0.25, 0.3) is 0 Å². The molecule has 128 valence electrons. The van der Waals surface area contributed by atoms with Crippen LogP contribution in [0.2, 0.25) is 0 Å². The molecule has 1 aromatic rings. The van der Waals surface area contributed by atoms with Crippen molar-refractivity contribution in [2.24, 2.45) is 0 Å². The maximum absolute atomic E-state index is 12.0. The number of ether oxygens (including phenoxy) is 2. The molecule has 0 saturated heterocycles. The monoisotopic (exact) mass is 385 g/mol. The highest BCUT2D eigenvalue weighted by Crippen LogP contribution is 2.31. The van der Waals surface area contributed by atoms with E-state index in [2.05, 4.69) is 36.7 Å². The fourth-order valence-electron chi connectivity index (χ4n) is 1.82. The molecule has 0 heterocycles. The third-order valence-corrected chi connectivity index (χ3v) is 3.87. The summed E-state index contributed by atoms with van der Waals surface area (Å²) >= 11 is 3.46. The first-order valence-corrected chi connectivity index (χ1v) is 8.27. The van der Waals surface area contributed by atoms with Crippen molar-refractivity contribution in [3.05, 3.63) is 28.2 Å². The van der Waals surface area contributed by atoms with Crippen LogP contribution in [0.1, 0.15) is 33.3 Å². The molecule has 5 nitrogen and oxygen atoms in total. The lowest BCUT2D eigenvalue weighted by Crippen LogP contribution is -2.36. The van der Waals surface area contributed by atoms with Gasteiger partial charge in [0.05, 0.1) is 11.1 Å². The largest absolute Gasteiger partial charge is 0.483 e. The average Bonchev–Trinajstić information content (AvgIpc) is 2.44. The Hall–Kier alpha value is -1.56. The van der Waals surface area contributed by atoms with Crippen LogP contribution < -0.4 is 4.74 Å². The molecular weight excluding hydrogens is 362 g/mol. The van der Waals surface area contributed by atoms with Gasteiger partial charge in [-0.1, -0.05) is 26.8 Å². The minimum Gasteiger partial charge on any atom is -0.483 e. The first-order chi connectivity index (χ1) is 10.6. The summed E-state index contributed by atoms with van der Waals surface area (Å²) in [6, 6.07) is 5.80. The fraction of sp³-hybridized carbons (Fsp3) is 0.529. The Morgan fingerprint density at radius 1 is 1.26 bits per heavy atom. The number of carbonyl (C=O) groups excluding carboxylic acids is 2. The van der Waals surface area contributed by atoms with Gasteiger partial charge in [-0.2, -0.15) is 0 Å². The van der Waals surface area contributed by atoms with E-state index in [1.54, 1.807) is 14.0 Å².